The van der Waals surface area contributed by atoms with Gasteiger partial charge >= 0.3 is 0 Å². The van der Waals surface area contributed by atoms with Crippen molar-refractivity contribution in [3.63, 3.8) is 0 Å². The smallest absolute Gasteiger partial charge is 0.276 e. The molecule has 6 heteroatoms. The van der Waals surface area contributed by atoms with Crippen molar-refractivity contribution in [3.8, 4) is 0 Å². The first kappa shape index (κ1) is 16.6. The van der Waals surface area contributed by atoms with Gasteiger partial charge in [0.2, 0.25) is 5.95 Å². The van der Waals surface area contributed by atoms with Crippen LogP contribution in [-0.4, -0.2) is 22.9 Å². The molecule has 0 radical (unpaired) electrons. The lowest BCUT2D eigenvalue weighted by Crippen LogP contribution is -2.27. The normalized spacial score (nSPS) is 10.3. The van der Waals surface area contributed by atoms with Gasteiger partial charge in [-0.3, -0.25) is 4.79 Å². The van der Waals surface area contributed by atoms with Crippen molar-refractivity contribution in [2.75, 3.05) is 17.3 Å². The van der Waals surface area contributed by atoms with E-state index in [2.05, 4.69) is 15.3 Å². The van der Waals surface area contributed by atoms with E-state index < -0.39 is 0 Å². The molecule has 5 nitrogen and oxygen atoms in total. The molecule has 0 aliphatic rings. The predicted molar refractivity (Wildman–Crippen MR) is 94.9 cm³/mol. The van der Waals surface area contributed by atoms with Gasteiger partial charge in [-0.15, -0.1) is 0 Å². The minimum Gasteiger partial charge on any atom is -0.350 e. The van der Waals surface area contributed by atoms with Crippen molar-refractivity contribution in [2.45, 2.75) is 6.54 Å². The summed E-state index contributed by atoms with van der Waals surface area (Å²) < 4.78 is 13.7. The number of amides is 1. The highest BCUT2D eigenvalue weighted by Crippen LogP contribution is 2.15. The van der Waals surface area contributed by atoms with Gasteiger partial charge in [-0.1, -0.05) is 36.4 Å². The summed E-state index contributed by atoms with van der Waals surface area (Å²) in [5, 5.41) is 2.94. The minimum atomic E-state index is -0.300. The molecule has 0 atom stereocenters. The average molecular weight is 336 g/mol. The highest BCUT2D eigenvalue weighted by Gasteiger charge is 2.15. The Kier molecular flexibility index (Phi) is 4.99. The number of benzene rings is 2. The second-order valence-electron chi connectivity index (χ2n) is 5.41. The van der Waals surface area contributed by atoms with Crippen LogP contribution >= 0.6 is 0 Å². The highest BCUT2D eigenvalue weighted by molar-refractivity contribution is 6.04. The standard InChI is InChI=1S/C19H17FN4O/c1-24(15-8-3-2-4-9-15)18(25)17-11-12-21-19(23-17)22-13-14-7-5-6-10-16(14)20/h2-12H,13H2,1H3,(H,21,22,23). The molecule has 0 saturated heterocycles. The number of nitrogens with zero attached hydrogens (tertiary/aromatic N) is 3. The Morgan fingerprint density at radius 2 is 1.80 bits per heavy atom. The van der Waals surface area contributed by atoms with Crippen LogP contribution in [-0.2, 0) is 6.54 Å². The first-order chi connectivity index (χ1) is 12.1. The van der Waals surface area contributed by atoms with E-state index in [-0.39, 0.29) is 29.9 Å². The fourth-order valence-electron chi connectivity index (χ4n) is 2.32. The monoisotopic (exact) mass is 336 g/mol. The molecule has 25 heavy (non-hydrogen) atoms. The first-order valence-electron chi connectivity index (χ1n) is 7.78. The van der Waals surface area contributed by atoms with Gasteiger partial charge in [-0.25, -0.2) is 14.4 Å². The van der Waals surface area contributed by atoms with E-state index in [0.29, 0.717) is 5.56 Å². The zero-order chi connectivity index (χ0) is 17.6. The highest BCUT2D eigenvalue weighted by atomic mass is 19.1. The number of carbonyl (C=O) groups excluding carboxylic acids is 1. The van der Waals surface area contributed by atoms with E-state index in [0.717, 1.165) is 5.69 Å². The maximum absolute atomic E-state index is 13.7. The van der Waals surface area contributed by atoms with E-state index >= 15 is 0 Å². The van der Waals surface area contributed by atoms with Crippen molar-refractivity contribution >= 4 is 17.5 Å². The SMILES string of the molecule is CN(C(=O)c1ccnc(NCc2ccccc2F)n1)c1ccccc1. The van der Waals surface area contributed by atoms with E-state index in [1.807, 2.05) is 30.3 Å². The van der Waals surface area contributed by atoms with Crippen molar-refractivity contribution in [1.29, 1.82) is 0 Å². The third-order valence-corrected chi connectivity index (χ3v) is 3.72. The molecule has 1 amide bonds. The lowest BCUT2D eigenvalue weighted by molar-refractivity contribution is 0.0988. The van der Waals surface area contributed by atoms with Gasteiger partial charge in [-0.05, 0) is 24.3 Å². The van der Waals surface area contributed by atoms with Crippen LogP contribution in [0.5, 0.6) is 0 Å². The van der Waals surface area contributed by atoms with Crippen LogP contribution < -0.4 is 10.2 Å². The number of para-hydroxylation sites is 1. The fraction of sp³-hybridized carbons (Fsp3) is 0.105. The summed E-state index contributed by atoms with van der Waals surface area (Å²) in [5.41, 5.74) is 1.54. The van der Waals surface area contributed by atoms with Gasteiger partial charge in [0.1, 0.15) is 11.5 Å². The molecule has 126 valence electrons. The largest absolute Gasteiger partial charge is 0.350 e. The van der Waals surface area contributed by atoms with Crippen LogP contribution in [0, 0.1) is 5.82 Å². The molecule has 1 heterocycles. The lowest BCUT2D eigenvalue weighted by atomic mass is 10.2. The van der Waals surface area contributed by atoms with Gasteiger partial charge in [0.15, 0.2) is 0 Å². The molecular weight excluding hydrogens is 319 g/mol. The van der Waals surface area contributed by atoms with E-state index in [1.165, 1.54) is 17.2 Å². The summed E-state index contributed by atoms with van der Waals surface area (Å²) in [6.07, 6.45) is 1.50. The number of aromatic nitrogens is 2. The average Bonchev–Trinajstić information content (AvgIpc) is 2.67. The second-order valence-corrected chi connectivity index (χ2v) is 5.41. The topological polar surface area (TPSA) is 58.1 Å². The lowest BCUT2D eigenvalue weighted by Gasteiger charge is -2.17. The van der Waals surface area contributed by atoms with E-state index in [9.17, 15) is 9.18 Å². The van der Waals surface area contributed by atoms with Gasteiger partial charge in [0.25, 0.3) is 5.91 Å². The number of hydrogen-bond donors (Lipinski definition) is 1. The summed E-state index contributed by atoms with van der Waals surface area (Å²) in [6.45, 7) is 0.235. The molecule has 0 aliphatic carbocycles. The molecule has 0 spiro atoms. The Bertz CT molecular complexity index is 870. The van der Waals surface area contributed by atoms with Gasteiger partial charge in [0.05, 0.1) is 0 Å². The molecule has 0 unspecified atom stereocenters. The molecule has 2 aromatic carbocycles. The maximum Gasteiger partial charge on any atom is 0.276 e. The molecule has 1 aromatic heterocycles. The van der Waals surface area contributed by atoms with Crippen molar-refractivity contribution in [3.05, 3.63) is 83.9 Å². The molecule has 0 bridgehead atoms. The maximum atomic E-state index is 13.7. The number of nitrogens with one attached hydrogen (secondary N) is 1. The number of carbonyl (C=O) groups is 1. The number of halogens is 1. The van der Waals surface area contributed by atoms with Crippen molar-refractivity contribution in [2.24, 2.45) is 0 Å². The predicted octanol–water partition coefficient (Wildman–Crippen LogP) is 3.50. The van der Waals surface area contributed by atoms with Gasteiger partial charge in [0, 0.05) is 31.0 Å². The number of anilines is 2. The zero-order valence-corrected chi connectivity index (χ0v) is 13.7. The van der Waals surface area contributed by atoms with Crippen LogP contribution in [0.15, 0.2) is 66.9 Å². The Morgan fingerprint density at radius 3 is 2.56 bits per heavy atom. The van der Waals surface area contributed by atoms with Gasteiger partial charge < -0.3 is 10.2 Å². The summed E-state index contributed by atoms with van der Waals surface area (Å²) in [4.78, 5) is 22.4. The van der Waals surface area contributed by atoms with Crippen molar-refractivity contribution < 1.29 is 9.18 Å². The second kappa shape index (κ2) is 7.53. The molecule has 3 aromatic rings. The molecule has 0 aliphatic heterocycles. The third-order valence-electron chi connectivity index (χ3n) is 3.72. The van der Waals surface area contributed by atoms with Crippen molar-refractivity contribution in [1.82, 2.24) is 9.97 Å². The van der Waals surface area contributed by atoms with Gasteiger partial charge in [-0.2, -0.15) is 0 Å². The molecule has 0 fully saturated rings. The first-order valence-corrected chi connectivity index (χ1v) is 7.78. The Labute approximate surface area is 145 Å². The van der Waals surface area contributed by atoms with Crippen LogP contribution in [0.2, 0.25) is 0 Å². The quantitative estimate of drug-likeness (QED) is 0.775. The summed E-state index contributed by atoms with van der Waals surface area (Å²) in [6, 6.07) is 17.3. The molecule has 1 N–H and O–H groups in total. The third kappa shape index (κ3) is 3.98. The number of hydrogen-bond acceptors (Lipinski definition) is 4. The van der Waals surface area contributed by atoms with E-state index in [1.54, 1.807) is 31.3 Å². The number of rotatable bonds is 5. The Morgan fingerprint density at radius 1 is 1.08 bits per heavy atom. The Balaban J connectivity index is 1.73. The summed E-state index contributed by atoms with van der Waals surface area (Å²) in [5.74, 6) is -0.274. The minimum absolute atomic E-state index is 0.235. The molecule has 3 rings (SSSR count). The van der Waals surface area contributed by atoms with Crippen LogP contribution in [0.3, 0.4) is 0 Å². The molecule has 0 saturated carbocycles. The van der Waals surface area contributed by atoms with Crippen LogP contribution in [0.4, 0.5) is 16.0 Å². The van der Waals surface area contributed by atoms with Crippen LogP contribution in [0.25, 0.3) is 0 Å². The Hall–Kier alpha value is -3.28. The zero-order valence-electron chi connectivity index (χ0n) is 13.7. The summed E-state index contributed by atoms with van der Waals surface area (Å²) in [7, 11) is 1.69. The summed E-state index contributed by atoms with van der Waals surface area (Å²) >= 11 is 0. The fourth-order valence-corrected chi connectivity index (χ4v) is 2.32. The van der Waals surface area contributed by atoms with Crippen LogP contribution in [0.1, 0.15) is 16.1 Å². The molecular formula is C19H17FN4O. The van der Waals surface area contributed by atoms with E-state index in [4.69, 9.17) is 0 Å².